The van der Waals surface area contributed by atoms with Gasteiger partial charge in [-0.2, -0.15) is 16.3 Å². The van der Waals surface area contributed by atoms with Crippen molar-refractivity contribution >= 4 is 34.4 Å². The van der Waals surface area contributed by atoms with Gasteiger partial charge < -0.3 is 9.15 Å². The quantitative estimate of drug-likeness (QED) is 0.553. The first-order chi connectivity index (χ1) is 12.6. The summed E-state index contributed by atoms with van der Waals surface area (Å²) in [6.45, 7) is 0. The molecule has 0 aliphatic carbocycles. The standard InChI is InChI=1S/C19H13FN2O3S/c1-24-13-4-2-3-11(7-13)18(23)22-19-21-16-8-14(12-5-6-26-10-12)15(20)9-17(16)25-19/h2-10H,1H3,(H,21,22,23). The van der Waals surface area contributed by atoms with Gasteiger partial charge in [-0.15, -0.1) is 0 Å². The van der Waals surface area contributed by atoms with Crippen LogP contribution in [0.15, 0.2) is 57.6 Å². The van der Waals surface area contributed by atoms with Gasteiger partial charge >= 0.3 is 6.01 Å². The molecule has 0 bridgehead atoms. The molecule has 7 heteroatoms. The maximum Gasteiger partial charge on any atom is 0.302 e. The number of fused-ring (bicyclic) bond motifs is 1. The van der Waals surface area contributed by atoms with Gasteiger partial charge in [0.15, 0.2) is 5.58 Å². The molecule has 130 valence electrons. The highest BCUT2D eigenvalue weighted by Crippen LogP contribution is 2.30. The van der Waals surface area contributed by atoms with E-state index in [1.165, 1.54) is 24.5 Å². The molecule has 0 fully saturated rings. The summed E-state index contributed by atoms with van der Waals surface area (Å²) >= 11 is 1.48. The van der Waals surface area contributed by atoms with Crippen LogP contribution in [0.25, 0.3) is 22.2 Å². The number of nitrogens with one attached hydrogen (secondary N) is 1. The molecular formula is C19H13FN2O3S. The number of anilines is 1. The monoisotopic (exact) mass is 368 g/mol. The summed E-state index contributed by atoms with van der Waals surface area (Å²) in [5, 5.41) is 6.31. The number of aromatic nitrogens is 1. The molecule has 1 amide bonds. The molecule has 5 nitrogen and oxygen atoms in total. The van der Waals surface area contributed by atoms with Crippen LogP contribution >= 0.6 is 11.3 Å². The van der Waals surface area contributed by atoms with Crippen molar-refractivity contribution in [3.05, 3.63) is 64.6 Å². The number of rotatable bonds is 4. The van der Waals surface area contributed by atoms with Crippen molar-refractivity contribution in [2.45, 2.75) is 0 Å². The van der Waals surface area contributed by atoms with E-state index in [0.29, 0.717) is 22.4 Å². The van der Waals surface area contributed by atoms with Gasteiger partial charge in [-0.1, -0.05) is 6.07 Å². The lowest BCUT2D eigenvalue weighted by Crippen LogP contribution is -2.12. The fourth-order valence-corrected chi connectivity index (χ4v) is 3.23. The molecule has 0 atom stereocenters. The van der Waals surface area contributed by atoms with Gasteiger partial charge in [0.05, 0.1) is 7.11 Å². The summed E-state index contributed by atoms with van der Waals surface area (Å²) in [5.74, 6) is -0.232. The Morgan fingerprint density at radius 1 is 1.27 bits per heavy atom. The van der Waals surface area contributed by atoms with Crippen molar-refractivity contribution in [3.63, 3.8) is 0 Å². The Bertz CT molecular complexity index is 1090. The topological polar surface area (TPSA) is 64.4 Å². The van der Waals surface area contributed by atoms with Crippen LogP contribution in [0.1, 0.15) is 10.4 Å². The fourth-order valence-electron chi connectivity index (χ4n) is 2.58. The van der Waals surface area contributed by atoms with E-state index in [1.54, 1.807) is 30.3 Å². The first-order valence-electron chi connectivity index (χ1n) is 7.72. The maximum atomic E-state index is 14.3. The number of nitrogens with zero attached hydrogens (tertiary/aromatic N) is 1. The molecular weight excluding hydrogens is 355 g/mol. The van der Waals surface area contributed by atoms with Crippen molar-refractivity contribution in [2.75, 3.05) is 12.4 Å². The minimum atomic E-state index is -0.405. The van der Waals surface area contributed by atoms with Crippen LogP contribution in [0.5, 0.6) is 5.75 Å². The van der Waals surface area contributed by atoms with E-state index >= 15 is 0 Å². The number of oxazole rings is 1. The summed E-state index contributed by atoms with van der Waals surface area (Å²) in [6, 6.07) is 11.4. The second-order valence-corrected chi connectivity index (χ2v) is 6.30. The Hall–Kier alpha value is -3.19. The van der Waals surface area contributed by atoms with E-state index in [2.05, 4.69) is 10.3 Å². The van der Waals surface area contributed by atoms with E-state index < -0.39 is 11.7 Å². The van der Waals surface area contributed by atoms with Gasteiger partial charge in [0.25, 0.3) is 5.91 Å². The van der Waals surface area contributed by atoms with Gasteiger partial charge in [0, 0.05) is 17.2 Å². The smallest absolute Gasteiger partial charge is 0.302 e. The van der Waals surface area contributed by atoms with Gasteiger partial charge in [-0.05, 0) is 46.7 Å². The van der Waals surface area contributed by atoms with Gasteiger partial charge in [-0.3, -0.25) is 10.1 Å². The molecule has 26 heavy (non-hydrogen) atoms. The summed E-state index contributed by atoms with van der Waals surface area (Å²) in [5.41, 5.74) is 2.35. The zero-order valence-corrected chi connectivity index (χ0v) is 14.5. The zero-order valence-electron chi connectivity index (χ0n) is 13.7. The molecule has 0 saturated carbocycles. The minimum absolute atomic E-state index is 0.00897. The number of carbonyl (C=O) groups excluding carboxylic acids is 1. The highest BCUT2D eigenvalue weighted by Gasteiger charge is 2.15. The third-order valence-corrected chi connectivity index (χ3v) is 4.55. The Kier molecular flexibility index (Phi) is 4.14. The molecule has 0 aliphatic rings. The lowest BCUT2D eigenvalue weighted by molar-refractivity contribution is 0.102. The van der Waals surface area contributed by atoms with Crippen molar-refractivity contribution in [1.82, 2.24) is 4.98 Å². The van der Waals surface area contributed by atoms with Crippen molar-refractivity contribution in [1.29, 1.82) is 0 Å². The molecule has 1 N–H and O–H groups in total. The summed E-state index contributed by atoms with van der Waals surface area (Å²) in [7, 11) is 1.53. The number of thiophene rings is 1. The van der Waals surface area contributed by atoms with Crippen LogP contribution in [0.2, 0.25) is 0 Å². The number of amides is 1. The Morgan fingerprint density at radius 3 is 2.92 bits per heavy atom. The number of ether oxygens (including phenoxy) is 1. The molecule has 0 unspecified atom stereocenters. The van der Waals surface area contributed by atoms with Crippen LogP contribution in [-0.2, 0) is 0 Å². The third-order valence-electron chi connectivity index (χ3n) is 3.86. The second-order valence-electron chi connectivity index (χ2n) is 5.52. The molecule has 0 spiro atoms. The largest absolute Gasteiger partial charge is 0.497 e. The number of benzene rings is 2. The van der Waals surface area contributed by atoms with E-state index in [-0.39, 0.29) is 11.6 Å². The summed E-state index contributed by atoms with van der Waals surface area (Å²) < 4.78 is 24.9. The lowest BCUT2D eigenvalue weighted by Gasteiger charge is -2.03. The molecule has 2 heterocycles. The number of hydrogen-bond acceptors (Lipinski definition) is 5. The first-order valence-corrected chi connectivity index (χ1v) is 8.66. The molecule has 2 aromatic carbocycles. The average molecular weight is 368 g/mol. The molecule has 2 aromatic heterocycles. The van der Waals surface area contributed by atoms with Crippen LogP contribution in [0, 0.1) is 5.82 Å². The van der Waals surface area contributed by atoms with Crippen LogP contribution in [-0.4, -0.2) is 18.0 Å². The number of halogens is 1. The zero-order chi connectivity index (χ0) is 18.1. The first kappa shape index (κ1) is 16.3. The molecule has 0 saturated heterocycles. The summed E-state index contributed by atoms with van der Waals surface area (Å²) in [6.07, 6.45) is 0. The Balaban J connectivity index is 1.64. The van der Waals surface area contributed by atoms with Crippen LogP contribution in [0.3, 0.4) is 0 Å². The second kappa shape index (κ2) is 6.61. The molecule has 4 aromatic rings. The van der Waals surface area contributed by atoms with Crippen LogP contribution in [0.4, 0.5) is 10.4 Å². The molecule has 4 rings (SSSR count). The Morgan fingerprint density at radius 2 is 2.15 bits per heavy atom. The normalized spacial score (nSPS) is 10.8. The van der Waals surface area contributed by atoms with Crippen LogP contribution < -0.4 is 10.1 Å². The SMILES string of the molecule is COc1cccc(C(=O)Nc2nc3cc(-c4ccsc4)c(F)cc3o2)c1. The van der Waals surface area contributed by atoms with E-state index in [9.17, 15) is 9.18 Å². The fraction of sp³-hybridized carbons (Fsp3) is 0.0526. The Labute approximate surface area is 152 Å². The average Bonchev–Trinajstić information content (AvgIpc) is 3.30. The molecule has 0 aliphatic heterocycles. The minimum Gasteiger partial charge on any atom is -0.497 e. The maximum absolute atomic E-state index is 14.3. The number of methoxy groups -OCH3 is 1. The predicted molar refractivity (Wildman–Crippen MR) is 98.2 cm³/mol. The number of carbonyl (C=O) groups is 1. The highest BCUT2D eigenvalue weighted by molar-refractivity contribution is 7.08. The van der Waals surface area contributed by atoms with E-state index in [0.717, 1.165) is 5.56 Å². The van der Waals surface area contributed by atoms with Crippen molar-refractivity contribution < 1.29 is 18.3 Å². The predicted octanol–water partition coefficient (Wildman–Crippen LogP) is 4.96. The highest BCUT2D eigenvalue weighted by atomic mass is 32.1. The van der Waals surface area contributed by atoms with Gasteiger partial charge in [-0.25, -0.2) is 4.39 Å². The molecule has 0 radical (unpaired) electrons. The van der Waals surface area contributed by atoms with Gasteiger partial charge in [0.1, 0.15) is 17.1 Å². The number of hydrogen-bond donors (Lipinski definition) is 1. The third kappa shape index (κ3) is 3.04. The lowest BCUT2D eigenvalue weighted by atomic mass is 10.1. The van der Waals surface area contributed by atoms with E-state index in [4.69, 9.17) is 9.15 Å². The van der Waals surface area contributed by atoms with Crippen molar-refractivity contribution in [2.24, 2.45) is 0 Å². The van der Waals surface area contributed by atoms with Gasteiger partial charge in [0.2, 0.25) is 0 Å². The summed E-state index contributed by atoms with van der Waals surface area (Å²) in [4.78, 5) is 16.6. The van der Waals surface area contributed by atoms with E-state index in [1.807, 2.05) is 16.8 Å². The van der Waals surface area contributed by atoms with Crippen molar-refractivity contribution in [3.8, 4) is 16.9 Å².